The first kappa shape index (κ1) is 15.4. The van der Waals surface area contributed by atoms with Crippen LogP contribution in [0, 0.1) is 0 Å². The molecule has 0 radical (unpaired) electrons. The van der Waals surface area contributed by atoms with Crippen molar-refractivity contribution in [2.45, 2.75) is 18.8 Å². The van der Waals surface area contributed by atoms with E-state index in [0.29, 0.717) is 29.6 Å². The van der Waals surface area contributed by atoms with E-state index in [2.05, 4.69) is 20.1 Å². The number of pyridine rings is 2. The van der Waals surface area contributed by atoms with Gasteiger partial charge in [0, 0.05) is 31.4 Å². The van der Waals surface area contributed by atoms with Gasteiger partial charge in [0.2, 0.25) is 0 Å². The third-order valence-electron chi connectivity index (χ3n) is 4.28. The number of carbonyl (C=O) groups excluding carboxylic acids is 1. The maximum atomic E-state index is 12.6. The Morgan fingerprint density at radius 3 is 2.72 bits per heavy atom. The van der Waals surface area contributed by atoms with E-state index in [1.807, 2.05) is 29.2 Å². The highest BCUT2D eigenvalue weighted by atomic mass is 16.5. The van der Waals surface area contributed by atoms with Crippen molar-refractivity contribution in [3.63, 3.8) is 0 Å². The molecule has 1 saturated heterocycles. The summed E-state index contributed by atoms with van der Waals surface area (Å²) in [7, 11) is 0. The lowest BCUT2D eigenvalue weighted by atomic mass is 9.97. The van der Waals surface area contributed by atoms with Gasteiger partial charge >= 0.3 is 0 Å². The van der Waals surface area contributed by atoms with E-state index in [9.17, 15) is 4.79 Å². The highest BCUT2D eigenvalue weighted by molar-refractivity contribution is 5.92. The van der Waals surface area contributed by atoms with Gasteiger partial charge in [-0.2, -0.15) is 4.98 Å². The summed E-state index contributed by atoms with van der Waals surface area (Å²) in [6.45, 7) is 1.29. The molecule has 4 rings (SSSR count). The second-order valence-corrected chi connectivity index (χ2v) is 5.98. The number of hydrogen-bond donors (Lipinski definition) is 0. The van der Waals surface area contributed by atoms with E-state index in [-0.39, 0.29) is 11.8 Å². The molecule has 7 heteroatoms. The number of nitrogens with zero attached hydrogens (tertiary/aromatic N) is 5. The van der Waals surface area contributed by atoms with E-state index in [1.54, 1.807) is 24.5 Å². The lowest BCUT2D eigenvalue weighted by Gasteiger charge is -2.31. The molecule has 4 heterocycles. The van der Waals surface area contributed by atoms with Crippen molar-refractivity contribution in [1.29, 1.82) is 0 Å². The SMILES string of the molecule is O=C(c1ccccn1)N1CCCC(c2noc(-c3ccccn3)n2)C1. The largest absolute Gasteiger partial charge is 0.337 e. The van der Waals surface area contributed by atoms with Crippen LogP contribution in [-0.4, -0.2) is 44.0 Å². The van der Waals surface area contributed by atoms with Gasteiger partial charge in [0.05, 0.1) is 0 Å². The minimum atomic E-state index is -0.0567. The maximum Gasteiger partial charge on any atom is 0.276 e. The van der Waals surface area contributed by atoms with Crippen LogP contribution >= 0.6 is 0 Å². The van der Waals surface area contributed by atoms with Crippen LogP contribution in [0.3, 0.4) is 0 Å². The molecule has 7 nitrogen and oxygen atoms in total. The molecule has 0 saturated carbocycles. The Hall–Kier alpha value is -3.09. The summed E-state index contributed by atoms with van der Waals surface area (Å²) in [6.07, 6.45) is 5.14. The van der Waals surface area contributed by atoms with Crippen molar-refractivity contribution in [3.8, 4) is 11.6 Å². The van der Waals surface area contributed by atoms with Gasteiger partial charge in [-0.05, 0) is 37.1 Å². The fraction of sp³-hybridized carbons (Fsp3) is 0.278. The van der Waals surface area contributed by atoms with Gasteiger partial charge in [0.25, 0.3) is 11.8 Å². The highest BCUT2D eigenvalue weighted by Crippen LogP contribution is 2.27. The van der Waals surface area contributed by atoms with E-state index in [1.165, 1.54) is 0 Å². The minimum absolute atomic E-state index is 0.0567. The van der Waals surface area contributed by atoms with Crippen molar-refractivity contribution < 1.29 is 9.32 Å². The van der Waals surface area contributed by atoms with E-state index < -0.39 is 0 Å². The van der Waals surface area contributed by atoms with Crippen molar-refractivity contribution in [1.82, 2.24) is 25.0 Å². The van der Waals surface area contributed by atoms with Crippen LogP contribution in [0.5, 0.6) is 0 Å². The van der Waals surface area contributed by atoms with Gasteiger partial charge in [-0.25, -0.2) is 0 Å². The normalized spacial score (nSPS) is 17.4. The smallest absolute Gasteiger partial charge is 0.276 e. The second-order valence-electron chi connectivity index (χ2n) is 5.98. The predicted molar refractivity (Wildman–Crippen MR) is 89.6 cm³/mol. The Morgan fingerprint density at radius 1 is 1.12 bits per heavy atom. The van der Waals surface area contributed by atoms with Crippen LogP contribution < -0.4 is 0 Å². The standard InChI is InChI=1S/C18H17N5O2/c24-18(15-8-2-4-10-20-15)23-11-5-6-13(12-23)16-21-17(25-22-16)14-7-1-3-9-19-14/h1-4,7-10,13H,5-6,11-12H2. The zero-order valence-corrected chi connectivity index (χ0v) is 13.6. The lowest BCUT2D eigenvalue weighted by molar-refractivity contribution is 0.0697. The summed E-state index contributed by atoms with van der Waals surface area (Å²) in [4.78, 5) is 27.2. The molecule has 3 aromatic rings. The number of carbonyl (C=O) groups is 1. The molecule has 1 unspecified atom stereocenters. The summed E-state index contributed by atoms with van der Waals surface area (Å²) < 4.78 is 5.34. The lowest BCUT2D eigenvalue weighted by Crippen LogP contribution is -2.39. The van der Waals surface area contributed by atoms with Crippen LogP contribution in [0.25, 0.3) is 11.6 Å². The third-order valence-corrected chi connectivity index (χ3v) is 4.28. The molecule has 3 aromatic heterocycles. The third kappa shape index (κ3) is 3.26. The Bertz CT molecular complexity index is 850. The first-order valence-electron chi connectivity index (χ1n) is 8.26. The zero-order chi connectivity index (χ0) is 17.1. The van der Waals surface area contributed by atoms with Crippen LogP contribution in [0.1, 0.15) is 35.1 Å². The Kier molecular flexibility index (Phi) is 4.20. The van der Waals surface area contributed by atoms with Crippen LogP contribution in [-0.2, 0) is 0 Å². The molecule has 0 bridgehead atoms. The quantitative estimate of drug-likeness (QED) is 0.731. The van der Waals surface area contributed by atoms with Gasteiger partial charge in [-0.3, -0.25) is 14.8 Å². The molecule has 1 aliphatic heterocycles. The molecule has 126 valence electrons. The molecule has 0 aliphatic carbocycles. The van der Waals surface area contributed by atoms with Crippen LogP contribution in [0.2, 0.25) is 0 Å². The average Bonchev–Trinajstić information content (AvgIpc) is 3.19. The number of likely N-dealkylation sites (tertiary alicyclic amines) is 1. The van der Waals surface area contributed by atoms with Gasteiger partial charge in [-0.15, -0.1) is 0 Å². The Labute approximate surface area is 144 Å². The molecule has 1 fully saturated rings. The van der Waals surface area contributed by atoms with E-state index in [0.717, 1.165) is 19.4 Å². The number of amides is 1. The van der Waals surface area contributed by atoms with Crippen molar-refractivity contribution in [2.24, 2.45) is 0 Å². The maximum absolute atomic E-state index is 12.6. The van der Waals surface area contributed by atoms with Crippen molar-refractivity contribution in [3.05, 3.63) is 60.3 Å². The van der Waals surface area contributed by atoms with Crippen molar-refractivity contribution in [2.75, 3.05) is 13.1 Å². The monoisotopic (exact) mass is 335 g/mol. The topological polar surface area (TPSA) is 85.0 Å². The Morgan fingerprint density at radius 2 is 1.96 bits per heavy atom. The highest BCUT2D eigenvalue weighted by Gasteiger charge is 2.29. The summed E-state index contributed by atoms with van der Waals surface area (Å²) >= 11 is 0. The molecule has 0 N–H and O–H groups in total. The average molecular weight is 335 g/mol. The van der Waals surface area contributed by atoms with Gasteiger partial charge < -0.3 is 9.42 Å². The Balaban J connectivity index is 1.50. The molecule has 1 aliphatic rings. The van der Waals surface area contributed by atoms with E-state index in [4.69, 9.17) is 4.52 Å². The van der Waals surface area contributed by atoms with Crippen molar-refractivity contribution >= 4 is 5.91 Å². The van der Waals surface area contributed by atoms with Gasteiger partial charge in [0.15, 0.2) is 5.82 Å². The number of piperidine rings is 1. The zero-order valence-electron chi connectivity index (χ0n) is 13.6. The second kappa shape index (κ2) is 6.80. The summed E-state index contributed by atoms with van der Waals surface area (Å²) in [5, 5.41) is 4.10. The fourth-order valence-corrected chi connectivity index (χ4v) is 3.02. The van der Waals surface area contributed by atoms with Crippen LogP contribution in [0.4, 0.5) is 0 Å². The summed E-state index contributed by atoms with van der Waals surface area (Å²) in [5.74, 6) is 1.03. The molecule has 0 spiro atoms. The summed E-state index contributed by atoms with van der Waals surface area (Å²) in [5.41, 5.74) is 1.11. The van der Waals surface area contributed by atoms with E-state index >= 15 is 0 Å². The predicted octanol–water partition coefficient (Wildman–Crippen LogP) is 2.55. The fourth-order valence-electron chi connectivity index (χ4n) is 3.02. The molecule has 0 aromatic carbocycles. The number of hydrogen-bond acceptors (Lipinski definition) is 6. The number of rotatable bonds is 3. The first-order valence-corrected chi connectivity index (χ1v) is 8.26. The number of aromatic nitrogens is 4. The van der Waals surface area contributed by atoms with Crippen LogP contribution in [0.15, 0.2) is 53.3 Å². The first-order chi connectivity index (χ1) is 12.3. The minimum Gasteiger partial charge on any atom is -0.337 e. The molecule has 1 amide bonds. The molecule has 25 heavy (non-hydrogen) atoms. The van der Waals surface area contributed by atoms with Gasteiger partial charge in [0.1, 0.15) is 11.4 Å². The summed E-state index contributed by atoms with van der Waals surface area (Å²) in [6, 6.07) is 10.9. The van der Waals surface area contributed by atoms with Gasteiger partial charge in [-0.1, -0.05) is 17.3 Å². The molecular weight excluding hydrogens is 318 g/mol. The molecular formula is C18H17N5O2. The molecule has 1 atom stereocenters.